The van der Waals surface area contributed by atoms with Gasteiger partial charge in [-0.25, -0.2) is 4.98 Å². The number of amides is 1. The molecule has 0 spiro atoms. The predicted octanol–water partition coefficient (Wildman–Crippen LogP) is 6.66. The average Bonchev–Trinajstić information content (AvgIpc) is 3.13. The molecule has 154 valence electrons. The number of aryl methyl sites for hydroxylation is 1. The summed E-state index contributed by atoms with van der Waals surface area (Å²) in [5, 5.41) is 1.80. The molecule has 2 heterocycles. The summed E-state index contributed by atoms with van der Waals surface area (Å²) in [6, 6.07) is 28.0. The lowest BCUT2D eigenvalue weighted by Gasteiger charge is -2.19. The zero-order valence-electron chi connectivity index (χ0n) is 17.8. The van der Waals surface area contributed by atoms with Crippen LogP contribution in [0.5, 0.6) is 5.75 Å². The van der Waals surface area contributed by atoms with Gasteiger partial charge in [-0.2, -0.15) is 0 Å². The quantitative estimate of drug-likeness (QED) is 0.309. The van der Waals surface area contributed by atoms with E-state index in [4.69, 9.17) is 9.72 Å². The minimum absolute atomic E-state index is 0.0145. The van der Waals surface area contributed by atoms with Crippen LogP contribution in [0.15, 0.2) is 84.9 Å². The topological polar surface area (TPSA) is 42.4 Å². The highest BCUT2D eigenvalue weighted by atomic mass is 16.5. The van der Waals surface area contributed by atoms with Gasteiger partial charge in [0.1, 0.15) is 5.75 Å². The van der Waals surface area contributed by atoms with E-state index in [0.717, 1.165) is 61.2 Å². The molecule has 0 saturated carbocycles. The second kappa shape index (κ2) is 6.92. The van der Waals surface area contributed by atoms with Crippen LogP contribution in [-0.2, 0) is 0 Å². The van der Waals surface area contributed by atoms with Gasteiger partial charge in [-0.05, 0) is 60.5 Å². The number of hydrogen-bond donors (Lipinski definition) is 0. The molecule has 1 aliphatic heterocycles. The highest BCUT2D eigenvalue weighted by Gasteiger charge is 2.34. The van der Waals surface area contributed by atoms with Crippen LogP contribution < -0.4 is 9.64 Å². The molecular weight excluding hydrogens is 396 g/mol. The summed E-state index contributed by atoms with van der Waals surface area (Å²) in [6.45, 7) is 2.05. The summed E-state index contributed by atoms with van der Waals surface area (Å²) in [5.74, 6) is 0.793. The number of ether oxygens (including phenoxy) is 1. The van der Waals surface area contributed by atoms with Crippen molar-refractivity contribution in [2.75, 3.05) is 12.0 Å². The Kier molecular flexibility index (Phi) is 4.02. The summed E-state index contributed by atoms with van der Waals surface area (Å²) in [4.78, 5) is 20.5. The first kappa shape index (κ1) is 18.6. The smallest absolute Gasteiger partial charge is 0.264 e. The standard InChI is InChI=1S/C28H20N2O2/c1-17-7-11-20(12-8-17)30-25-16-19(18-9-13-21(32-2)14-10-18)15-24-27(25)26(28(30)31)22-5-3-4-6-23(22)29-24/h3-16H,1-2H3. The number of anilines is 2. The Morgan fingerprint density at radius 3 is 2.31 bits per heavy atom. The molecule has 1 aromatic heterocycles. The third kappa shape index (κ3) is 2.70. The van der Waals surface area contributed by atoms with Gasteiger partial charge in [0, 0.05) is 16.5 Å². The highest BCUT2D eigenvalue weighted by Crippen LogP contribution is 2.46. The average molecular weight is 416 g/mol. The Bertz CT molecular complexity index is 1520. The number of benzene rings is 4. The molecule has 0 radical (unpaired) electrons. The lowest BCUT2D eigenvalue weighted by atomic mass is 9.99. The number of nitrogens with zero attached hydrogens (tertiary/aromatic N) is 2. The highest BCUT2D eigenvalue weighted by molar-refractivity contribution is 6.32. The van der Waals surface area contributed by atoms with Crippen LogP contribution in [0.4, 0.5) is 11.4 Å². The molecule has 4 nitrogen and oxygen atoms in total. The first-order valence-electron chi connectivity index (χ1n) is 10.6. The molecule has 32 heavy (non-hydrogen) atoms. The summed E-state index contributed by atoms with van der Waals surface area (Å²) in [7, 11) is 1.66. The number of methoxy groups -OCH3 is 1. The molecule has 0 saturated heterocycles. The zero-order chi connectivity index (χ0) is 21.8. The second-order valence-corrected chi connectivity index (χ2v) is 8.10. The Labute approximate surface area is 185 Å². The lowest BCUT2D eigenvalue weighted by molar-refractivity contribution is 0.101. The van der Waals surface area contributed by atoms with Gasteiger partial charge in [0.25, 0.3) is 5.91 Å². The Morgan fingerprint density at radius 1 is 0.812 bits per heavy atom. The van der Waals surface area contributed by atoms with E-state index in [9.17, 15) is 4.79 Å². The SMILES string of the molecule is COc1ccc(-c2cc3c4c(c5ccccc5nc4c2)C(=O)N3c2ccc(C)cc2)cc1. The summed E-state index contributed by atoms with van der Waals surface area (Å²) >= 11 is 0. The number of carbonyl (C=O) groups is 1. The largest absolute Gasteiger partial charge is 0.497 e. The number of carbonyl (C=O) groups excluding carboxylic acids is 1. The molecule has 4 aromatic carbocycles. The van der Waals surface area contributed by atoms with Crippen LogP contribution in [0.2, 0.25) is 0 Å². The molecule has 6 rings (SSSR count). The number of rotatable bonds is 3. The molecule has 0 aliphatic carbocycles. The first-order chi connectivity index (χ1) is 15.6. The van der Waals surface area contributed by atoms with Gasteiger partial charge < -0.3 is 4.74 Å². The molecule has 1 aliphatic rings. The molecular formula is C28H20N2O2. The van der Waals surface area contributed by atoms with Crippen molar-refractivity contribution < 1.29 is 9.53 Å². The maximum absolute atomic E-state index is 13.8. The van der Waals surface area contributed by atoms with E-state index in [1.165, 1.54) is 0 Å². The molecule has 4 heteroatoms. The molecule has 0 fully saturated rings. The number of hydrogen-bond acceptors (Lipinski definition) is 3. The Balaban J connectivity index is 1.66. The predicted molar refractivity (Wildman–Crippen MR) is 129 cm³/mol. The third-order valence-electron chi connectivity index (χ3n) is 6.13. The van der Waals surface area contributed by atoms with Gasteiger partial charge in [0.2, 0.25) is 0 Å². The third-order valence-corrected chi connectivity index (χ3v) is 6.13. The van der Waals surface area contributed by atoms with Gasteiger partial charge in [0.05, 0.1) is 29.4 Å². The van der Waals surface area contributed by atoms with Crippen LogP contribution >= 0.6 is 0 Å². The number of pyridine rings is 1. The van der Waals surface area contributed by atoms with Crippen molar-refractivity contribution in [3.63, 3.8) is 0 Å². The van der Waals surface area contributed by atoms with Crippen molar-refractivity contribution in [1.82, 2.24) is 4.98 Å². The summed E-state index contributed by atoms with van der Waals surface area (Å²) in [5.41, 5.74) is 7.31. The number of aromatic nitrogens is 1. The van der Waals surface area contributed by atoms with Crippen molar-refractivity contribution in [3.05, 3.63) is 96.1 Å². The maximum atomic E-state index is 13.8. The van der Waals surface area contributed by atoms with Crippen molar-refractivity contribution in [2.24, 2.45) is 0 Å². The van der Waals surface area contributed by atoms with Gasteiger partial charge in [-0.1, -0.05) is 48.0 Å². The number of para-hydroxylation sites is 1. The summed E-state index contributed by atoms with van der Waals surface area (Å²) in [6.07, 6.45) is 0. The monoisotopic (exact) mass is 416 g/mol. The second-order valence-electron chi connectivity index (χ2n) is 8.10. The zero-order valence-corrected chi connectivity index (χ0v) is 17.8. The molecule has 0 unspecified atom stereocenters. The fourth-order valence-electron chi connectivity index (χ4n) is 4.52. The lowest BCUT2D eigenvalue weighted by Crippen LogP contribution is -2.21. The van der Waals surface area contributed by atoms with Crippen LogP contribution in [0.3, 0.4) is 0 Å². The fraction of sp³-hybridized carbons (Fsp3) is 0.0714. The van der Waals surface area contributed by atoms with Crippen molar-refractivity contribution in [1.29, 1.82) is 0 Å². The van der Waals surface area contributed by atoms with Gasteiger partial charge in [-0.15, -0.1) is 0 Å². The molecule has 5 aromatic rings. The Morgan fingerprint density at radius 2 is 1.56 bits per heavy atom. The van der Waals surface area contributed by atoms with Crippen molar-refractivity contribution in [2.45, 2.75) is 6.92 Å². The van der Waals surface area contributed by atoms with Crippen LogP contribution in [0, 0.1) is 6.92 Å². The maximum Gasteiger partial charge on any atom is 0.264 e. The van der Waals surface area contributed by atoms with E-state index in [-0.39, 0.29) is 5.91 Å². The van der Waals surface area contributed by atoms with E-state index in [1.54, 1.807) is 7.11 Å². The molecule has 0 bridgehead atoms. The fourth-order valence-corrected chi connectivity index (χ4v) is 4.52. The van der Waals surface area contributed by atoms with E-state index in [2.05, 4.69) is 12.1 Å². The van der Waals surface area contributed by atoms with E-state index in [1.807, 2.05) is 84.6 Å². The van der Waals surface area contributed by atoms with Crippen LogP contribution in [0.25, 0.3) is 32.9 Å². The van der Waals surface area contributed by atoms with Crippen LogP contribution in [0.1, 0.15) is 15.9 Å². The van der Waals surface area contributed by atoms with E-state index >= 15 is 0 Å². The van der Waals surface area contributed by atoms with Crippen molar-refractivity contribution in [3.8, 4) is 16.9 Å². The number of fused-ring (bicyclic) bond motifs is 2. The summed E-state index contributed by atoms with van der Waals surface area (Å²) < 4.78 is 5.31. The Hall–Kier alpha value is -4.18. The normalized spacial score (nSPS) is 12.7. The minimum atomic E-state index is -0.0145. The van der Waals surface area contributed by atoms with E-state index in [0.29, 0.717) is 0 Å². The molecule has 0 N–H and O–H groups in total. The van der Waals surface area contributed by atoms with Gasteiger partial charge >= 0.3 is 0 Å². The van der Waals surface area contributed by atoms with Gasteiger partial charge in [0.15, 0.2) is 0 Å². The first-order valence-corrected chi connectivity index (χ1v) is 10.6. The van der Waals surface area contributed by atoms with Crippen molar-refractivity contribution >= 4 is 39.1 Å². The van der Waals surface area contributed by atoms with Crippen LogP contribution in [-0.4, -0.2) is 18.0 Å². The molecule has 1 amide bonds. The van der Waals surface area contributed by atoms with E-state index < -0.39 is 0 Å². The minimum Gasteiger partial charge on any atom is -0.497 e. The molecule has 0 atom stereocenters. The van der Waals surface area contributed by atoms with Gasteiger partial charge in [-0.3, -0.25) is 9.69 Å².